The number of piperazine rings is 1. The van der Waals surface area contributed by atoms with Gasteiger partial charge in [-0.15, -0.1) is 0 Å². The number of carbonyl (C=O) groups is 2. The molecule has 0 aromatic carbocycles. The molecule has 1 N–H and O–H groups in total. The van der Waals surface area contributed by atoms with E-state index in [2.05, 4.69) is 33.9 Å². The summed E-state index contributed by atoms with van der Waals surface area (Å²) >= 11 is 0. The van der Waals surface area contributed by atoms with E-state index in [0.717, 1.165) is 31.9 Å². The fourth-order valence-electron chi connectivity index (χ4n) is 2.94. The van der Waals surface area contributed by atoms with Gasteiger partial charge in [-0.25, -0.2) is 0 Å². The first-order chi connectivity index (χ1) is 12.1. The second kappa shape index (κ2) is 9.36. The van der Waals surface area contributed by atoms with Crippen molar-refractivity contribution in [2.24, 2.45) is 0 Å². The van der Waals surface area contributed by atoms with Gasteiger partial charge in [0.25, 0.3) is 5.91 Å². The van der Waals surface area contributed by atoms with Crippen LogP contribution >= 0.6 is 0 Å². The molecule has 1 fully saturated rings. The molecule has 0 atom stereocenters. The Hall–Kier alpha value is -2.15. The van der Waals surface area contributed by atoms with Crippen molar-refractivity contribution in [3.05, 3.63) is 24.0 Å². The van der Waals surface area contributed by atoms with Gasteiger partial charge in [0.15, 0.2) is 0 Å². The number of hydrogen-bond acceptors (Lipinski definition) is 5. The first-order valence-electron chi connectivity index (χ1n) is 9.08. The van der Waals surface area contributed by atoms with Crippen LogP contribution in [0.1, 0.15) is 31.3 Å². The Morgan fingerprint density at radius 2 is 1.84 bits per heavy atom. The van der Waals surface area contributed by atoms with Gasteiger partial charge < -0.3 is 15.1 Å². The highest BCUT2D eigenvalue weighted by atomic mass is 16.2. The van der Waals surface area contributed by atoms with E-state index < -0.39 is 0 Å². The summed E-state index contributed by atoms with van der Waals surface area (Å²) in [5.41, 5.74) is 1.41. The molecule has 25 heavy (non-hydrogen) atoms. The van der Waals surface area contributed by atoms with Crippen molar-refractivity contribution in [2.75, 3.05) is 57.3 Å². The minimum atomic E-state index is -0.155. The maximum atomic E-state index is 12.4. The lowest BCUT2D eigenvalue weighted by atomic mass is 10.2. The lowest BCUT2D eigenvalue weighted by Gasteiger charge is -2.37. The third-order valence-electron chi connectivity index (χ3n) is 4.56. The van der Waals surface area contributed by atoms with Crippen LogP contribution in [0.2, 0.25) is 0 Å². The fraction of sp³-hybridized carbons (Fsp3) is 0.611. The van der Waals surface area contributed by atoms with E-state index in [-0.39, 0.29) is 11.8 Å². The number of likely N-dealkylation sites (N-methyl/N-ethyl adjacent to an activating group) is 1. The molecule has 0 unspecified atom stereocenters. The van der Waals surface area contributed by atoms with Gasteiger partial charge in [0, 0.05) is 44.6 Å². The number of aromatic nitrogens is 1. The summed E-state index contributed by atoms with van der Waals surface area (Å²) < 4.78 is 0. The minimum Gasteiger partial charge on any atom is -0.368 e. The van der Waals surface area contributed by atoms with E-state index in [4.69, 9.17) is 0 Å². The number of hydrogen-bond donors (Lipinski definition) is 1. The molecule has 2 rings (SSSR count). The molecule has 0 aliphatic carbocycles. The molecule has 0 radical (unpaired) electrons. The van der Waals surface area contributed by atoms with Crippen LogP contribution < -0.4 is 10.2 Å². The summed E-state index contributed by atoms with van der Waals surface area (Å²) in [4.78, 5) is 34.7. The van der Waals surface area contributed by atoms with Crippen LogP contribution in [0.5, 0.6) is 0 Å². The van der Waals surface area contributed by atoms with Crippen LogP contribution in [0.3, 0.4) is 0 Å². The first kappa shape index (κ1) is 19.2. The van der Waals surface area contributed by atoms with E-state index in [1.54, 1.807) is 6.20 Å². The predicted molar refractivity (Wildman–Crippen MR) is 98.8 cm³/mol. The molecule has 2 heterocycles. The molecular weight excluding hydrogens is 318 g/mol. The zero-order chi connectivity index (χ0) is 18.2. The van der Waals surface area contributed by atoms with Crippen molar-refractivity contribution in [3.8, 4) is 0 Å². The zero-order valence-electron chi connectivity index (χ0n) is 15.5. The van der Waals surface area contributed by atoms with Gasteiger partial charge in [-0.2, -0.15) is 0 Å². The number of nitrogens with zero attached hydrogens (tertiary/aromatic N) is 4. The third-order valence-corrected chi connectivity index (χ3v) is 4.56. The number of pyridine rings is 1. The lowest BCUT2D eigenvalue weighted by molar-refractivity contribution is -0.132. The van der Waals surface area contributed by atoms with Gasteiger partial charge >= 0.3 is 0 Å². The molecule has 138 valence electrons. The van der Waals surface area contributed by atoms with E-state index >= 15 is 0 Å². The summed E-state index contributed by atoms with van der Waals surface area (Å²) in [5.74, 6) is 0.0403. The maximum Gasteiger partial charge on any atom is 0.269 e. The average Bonchev–Trinajstić information content (AvgIpc) is 2.66. The Bertz CT molecular complexity index is 581. The normalized spacial score (nSPS) is 14.7. The Labute approximate surface area is 150 Å². The van der Waals surface area contributed by atoms with Crippen LogP contribution in [0.15, 0.2) is 18.3 Å². The average molecular weight is 347 g/mol. The van der Waals surface area contributed by atoms with E-state index in [1.807, 2.05) is 24.0 Å². The Morgan fingerprint density at radius 3 is 2.44 bits per heavy atom. The molecular formula is C18H29N5O2. The standard InChI is InChI=1S/C18H29N5O2/c1-4-19-18(25)16-13-15(7-8-20-16)22-9-11-23(12-10-22)17(24)14-21(5-2)6-3/h7-8,13H,4-6,9-12,14H2,1-3H3,(H,19,25). The topological polar surface area (TPSA) is 68.8 Å². The molecule has 1 aromatic rings. The summed E-state index contributed by atoms with van der Waals surface area (Å²) in [7, 11) is 0. The molecule has 0 saturated carbocycles. The molecule has 1 aliphatic heterocycles. The molecule has 0 bridgehead atoms. The lowest BCUT2D eigenvalue weighted by Crippen LogP contribution is -2.51. The Balaban J connectivity index is 1.92. The number of nitrogens with one attached hydrogen (secondary N) is 1. The van der Waals surface area contributed by atoms with Crippen LogP contribution in [0, 0.1) is 0 Å². The summed E-state index contributed by atoms with van der Waals surface area (Å²) in [6, 6.07) is 3.73. The first-order valence-corrected chi connectivity index (χ1v) is 9.08. The summed E-state index contributed by atoms with van der Waals surface area (Å²) in [5, 5.41) is 2.77. The minimum absolute atomic E-state index is 0.155. The zero-order valence-corrected chi connectivity index (χ0v) is 15.5. The third kappa shape index (κ3) is 5.16. The van der Waals surface area contributed by atoms with Crippen molar-refractivity contribution in [1.29, 1.82) is 0 Å². The smallest absolute Gasteiger partial charge is 0.269 e. The molecule has 7 heteroatoms. The van der Waals surface area contributed by atoms with Crippen molar-refractivity contribution in [2.45, 2.75) is 20.8 Å². The number of carbonyl (C=O) groups excluding carboxylic acids is 2. The van der Waals surface area contributed by atoms with Crippen LogP contribution in [0.25, 0.3) is 0 Å². The molecule has 7 nitrogen and oxygen atoms in total. The van der Waals surface area contributed by atoms with E-state index in [9.17, 15) is 9.59 Å². The van der Waals surface area contributed by atoms with E-state index in [0.29, 0.717) is 31.9 Å². The highest BCUT2D eigenvalue weighted by Gasteiger charge is 2.22. The Morgan fingerprint density at radius 1 is 1.16 bits per heavy atom. The molecule has 1 saturated heterocycles. The molecule has 2 amide bonds. The van der Waals surface area contributed by atoms with Crippen molar-refractivity contribution in [3.63, 3.8) is 0 Å². The van der Waals surface area contributed by atoms with Crippen LogP contribution in [-0.4, -0.2) is 79.0 Å². The fourth-order valence-corrected chi connectivity index (χ4v) is 2.94. The summed E-state index contributed by atoms with van der Waals surface area (Å²) in [6.45, 7) is 11.8. The summed E-state index contributed by atoms with van der Waals surface area (Å²) in [6.07, 6.45) is 1.66. The highest BCUT2D eigenvalue weighted by Crippen LogP contribution is 2.17. The monoisotopic (exact) mass is 347 g/mol. The maximum absolute atomic E-state index is 12.4. The van der Waals surface area contributed by atoms with Gasteiger partial charge in [0.1, 0.15) is 5.69 Å². The SMILES string of the molecule is CCNC(=O)c1cc(N2CCN(C(=O)CN(CC)CC)CC2)ccn1. The highest BCUT2D eigenvalue weighted by molar-refractivity contribution is 5.93. The van der Waals surface area contributed by atoms with Gasteiger partial charge in [-0.3, -0.25) is 19.5 Å². The quantitative estimate of drug-likeness (QED) is 0.791. The van der Waals surface area contributed by atoms with E-state index in [1.165, 1.54) is 0 Å². The van der Waals surface area contributed by atoms with Crippen LogP contribution in [0.4, 0.5) is 5.69 Å². The second-order valence-electron chi connectivity index (χ2n) is 6.09. The van der Waals surface area contributed by atoms with Crippen LogP contribution in [-0.2, 0) is 4.79 Å². The number of rotatable bonds is 7. The Kier molecular flexibility index (Phi) is 7.18. The van der Waals surface area contributed by atoms with Gasteiger partial charge in [-0.1, -0.05) is 13.8 Å². The number of amides is 2. The number of anilines is 1. The second-order valence-corrected chi connectivity index (χ2v) is 6.09. The van der Waals surface area contributed by atoms with Crippen molar-refractivity contribution >= 4 is 17.5 Å². The van der Waals surface area contributed by atoms with Crippen molar-refractivity contribution < 1.29 is 9.59 Å². The molecule has 0 spiro atoms. The molecule has 1 aliphatic rings. The van der Waals surface area contributed by atoms with Gasteiger partial charge in [-0.05, 0) is 32.1 Å². The van der Waals surface area contributed by atoms with Gasteiger partial charge in [0.2, 0.25) is 5.91 Å². The predicted octanol–water partition coefficient (Wildman–Crippen LogP) is 0.822. The largest absolute Gasteiger partial charge is 0.368 e. The van der Waals surface area contributed by atoms with Crippen molar-refractivity contribution in [1.82, 2.24) is 20.1 Å². The van der Waals surface area contributed by atoms with Gasteiger partial charge in [0.05, 0.1) is 6.54 Å². The molecule has 1 aromatic heterocycles.